The summed E-state index contributed by atoms with van der Waals surface area (Å²) in [5, 5.41) is 6.84. The maximum Gasteiger partial charge on any atom is 0.255 e. The lowest BCUT2D eigenvalue weighted by Gasteiger charge is -2.08. The molecule has 4 rings (SSSR count). The zero-order valence-corrected chi connectivity index (χ0v) is 11.7. The van der Waals surface area contributed by atoms with Crippen LogP contribution in [0.1, 0.15) is 21.5 Å². The molecule has 1 aromatic heterocycles. The molecular formula is C17H14FN3O. The lowest BCUT2D eigenvalue weighted by atomic mass is 10.1. The Morgan fingerprint density at radius 2 is 1.95 bits per heavy atom. The van der Waals surface area contributed by atoms with Crippen LogP contribution in [0.5, 0.6) is 0 Å². The molecule has 0 saturated heterocycles. The largest absolute Gasteiger partial charge is 0.361 e. The van der Waals surface area contributed by atoms with Gasteiger partial charge >= 0.3 is 0 Å². The Labute approximate surface area is 126 Å². The summed E-state index contributed by atoms with van der Waals surface area (Å²) in [5.74, 6) is -0.619. The fourth-order valence-electron chi connectivity index (χ4n) is 2.87. The summed E-state index contributed by atoms with van der Waals surface area (Å²) >= 11 is 0. The van der Waals surface area contributed by atoms with Gasteiger partial charge in [0, 0.05) is 30.2 Å². The molecule has 1 amide bonds. The average molecular weight is 295 g/mol. The van der Waals surface area contributed by atoms with E-state index >= 15 is 0 Å². The highest BCUT2D eigenvalue weighted by molar-refractivity contribution is 6.08. The average Bonchev–Trinajstić information content (AvgIpc) is 3.14. The van der Waals surface area contributed by atoms with Crippen LogP contribution < -0.4 is 10.6 Å². The Hall–Kier alpha value is -2.66. The van der Waals surface area contributed by atoms with Crippen molar-refractivity contribution >= 4 is 22.5 Å². The molecule has 0 spiro atoms. The van der Waals surface area contributed by atoms with E-state index in [1.54, 1.807) is 12.3 Å². The van der Waals surface area contributed by atoms with Crippen LogP contribution in [0.3, 0.4) is 0 Å². The third kappa shape index (κ3) is 2.16. The Bertz CT molecular complexity index is 885. The number of benzene rings is 2. The van der Waals surface area contributed by atoms with Crippen molar-refractivity contribution in [3.8, 4) is 0 Å². The summed E-state index contributed by atoms with van der Waals surface area (Å²) in [6.07, 6.45) is 1.72. The molecule has 3 aromatic rings. The molecule has 5 heteroatoms. The van der Waals surface area contributed by atoms with Crippen molar-refractivity contribution in [2.75, 3.05) is 5.32 Å². The number of hydrogen-bond donors (Lipinski definition) is 3. The highest BCUT2D eigenvalue weighted by atomic mass is 19.1. The van der Waals surface area contributed by atoms with Gasteiger partial charge in [0.2, 0.25) is 0 Å². The van der Waals surface area contributed by atoms with Crippen LogP contribution in [0.25, 0.3) is 10.9 Å². The number of carbonyl (C=O) groups is 1. The fraction of sp³-hybridized carbons (Fsp3) is 0.118. The van der Waals surface area contributed by atoms with E-state index in [4.69, 9.17) is 0 Å². The van der Waals surface area contributed by atoms with Crippen molar-refractivity contribution in [2.24, 2.45) is 0 Å². The first-order valence-electron chi connectivity index (χ1n) is 7.11. The summed E-state index contributed by atoms with van der Waals surface area (Å²) in [6, 6.07) is 10.2. The number of H-pyrrole nitrogens is 1. The van der Waals surface area contributed by atoms with Gasteiger partial charge in [-0.05, 0) is 41.5 Å². The van der Waals surface area contributed by atoms with Crippen molar-refractivity contribution in [3.63, 3.8) is 0 Å². The van der Waals surface area contributed by atoms with Gasteiger partial charge in [0.1, 0.15) is 5.82 Å². The Balaban J connectivity index is 1.67. The molecule has 110 valence electrons. The van der Waals surface area contributed by atoms with Crippen LogP contribution in [0.15, 0.2) is 42.6 Å². The summed E-state index contributed by atoms with van der Waals surface area (Å²) in [5.41, 5.74) is 4.07. The molecule has 1 aliphatic heterocycles. The lowest BCUT2D eigenvalue weighted by Crippen LogP contribution is -2.12. The minimum atomic E-state index is -0.386. The normalized spacial score (nSPS) is 13.3. The van der Waals surface area contributed by atoms with Gasteiger partial charge in [-0.15, -0.1) is 0 Å². The lowest BCUT2D eigenvalue weighted by molar-refractivity contribution is 0.102. The monoisotopic (exact) mass is 295 g/mol. The predicted octanol–water partition coefficient (Wildman–Crippen LogP) is 3.16. The van der Waals surface area contributed by atoms with Gasteiger partial charge in [0.25, 0.3) is 5.91 Å². The maximum absolute atomic E-state index is 13.6. The molecule has 0 radical (unpaired) electrons. The Morgan fingerprint density at radius 3 is 2.86 bits per heavy atom. The van der Waals surface area contributed by atoms with Crippen molar-refractivity contribution in [2.45, 2.75) is 13.1 Å². The van der Waals surface area contributed by atoms with E-state index in [1.165, 1.54) is 17.7 Å². The molecule has 0 saturated carbocycles. The standard InChI is InChI=1S/C17H14FN3O/c18-13-6-15-14(3-4-20-15)16(7-13)21-17(22)10-1-2-11-8-19-9-12(11)5-10/h1-7,19-20H,8-9H2,(H,21,22). The molecule has 22 heavy (non-hydrogen) atoms. The van der Waals surface area contributed by atoms with E-state index in [2.05, 4.69) is 15.6 Å². The zero-order valence-electron chi connectivity index (χ0n) is 11.7. The third-order valence-electron chi connectivity index (χ3n) is 3.98. The quantitative estimate of drug-likeness (QED) is 0.680. The first-order valence-corrected chi connectivity index (χ1v) is 7.11. The minimum Gasteiger partial charge on any atom is -0.361 e. The van der Waals surface area contributed by atoms with E-state index < -0.39 is 0 Å². The molecule has 0 fully saturated rings. The number of rotatable bonds is 2. The minimum absolute atomic E-state index is 0.234. The number of fused-ring (bicyclic) bond motifs is 2. The number of anilines is 1. The second-order valence-corrected chi connectivity index (χ2v) is 5.43. The van der Waals surface area contributed by atoms with Crippen molar-refractivity contribution in [1.29, 1.82) is 0 Å². The molecule has 2 aromatic carbocycles. The number of amides is 1. The SMILES string of the molecule is O=C(Nc1cc(F)cc2[nH]ccc12)c1ccc2c(c1)CNC2. The van der Waals surface area contributed by atoms with Gasteiger partial charge in [-0.25, -0.2) is 4.39 Å². The molecule has 0 bridgehead atoms. The van der Waals surface area contributed by atoms with Crippen LogP contribution >= 0.6 is 0 Å². The topological polar surface area (TPSA) is 56.9 Å². The van der Waals surface area contributed by atoms with Gasteiger partial charge in [0.05, 0.1) is 11.2 Å². The fourth-order valence-corrected chi connectivity index (χ4v) is 2.87. The highest BCUT2D eigenvalue weighted by Crippen LogP contribution is 2.25. The van der Waals surface area contributed by atoms with Crippen LogP contribution in [0.2, 0.25) is 0 Å². The molecule has 2 heterocycles. The van der Waals surface area contributed by atoms with E-state index in [0.717, 1.165) is 24.0 Å². The smallest absolute Gasteiger partial charge is 0.255 e. The summed E-state index contributed by atoms with van der Waals surface area (Å²) < 4.78 is 13.6. The van der Waals surface area contributed by atoms with Crippen molar-refractivity contribution in [1.82, 2.24) is 10.3 Å². The van der Waals surface area contributed by atoms with Gasteiger partial charge in [-0.2, -0.15) is 0 Å². The third-order valence-corrected chi connectivity index (χ3v) is 3.98. The van der Waals surface area contributed by atoms with E-state index in [-0.39, 0.29) is 11.7 Å². The number of carbonyl (C=O) groups excluding carboxylic acids is 1. The van der Waals surface area contributed by atoms with Crippen LogP contribution in [0, 0.1) is 5.82 Å². The predicted molar refractivity (Wildman–Crippen MR) is 83.2 cm³/mol. The summed E-state index contributed by atoms with van der Waals surface area (Å²) in [6.45, 7) is 1.61. The van der Waals surface area contributed by atoms with Crippen LogP contribution in [-0.2, 0) is 13.1 Å². The summed E-state index contributed by atoms with van der Waals surface area (Å²) in [4.78, 5) is 15.4. The number of halogens is 1. The first-order chi connectivity index (χ1) is 10.7. The molecular weight excluding hydrogens is 281 g/mol. The Kier molecular flexibility index (Phi) is 2.94. The molecule has 0 unspecified atom stereocenters. The number of aromatic amines is 1. The summed E-state index contributed by atoms with van der Waals surface area (Å²) in [7, 11) is 0. The Morgan fingerprint density at radius 1 is 1.09 bits per heavy atom. The highest BCUT2D eigenvalue weighted by Gasteiger charge is 2.15. The second-order valence-electron chi connectivity index (χ2n) is 5.43. The first kappa shape index (κ1) is 13.0. The van der Waals surface area contributed by atoms with Crippen molar-refractivity contribution < 1.29 is 9.18 Å². The molecule has 1 aliphatic rings. The van der Waals surface area contributed by atoms with Crippen LogP contribution in [0.4, 0.5) is 10.1 Å². The van der Waals surface area contributed by atoms with E-state index in [9.17, 15) is 9.18 Å². The number of aromatic nitrogens is 1. The molecule has 4 nitrogen and oxygen atoms in total. The zero-order chi connectivity index (χ0) is 15.1. The van der Waals surface area contributed by atoms with E-state index in [0.29, 0.717) is 16.8 Å². The number of hydrogen-bond acceptors (Lipinski definition) is 2. The second kappa shape index (κ2) is 4.96. The molecule has 3 N–H and O–H groups in total. The molecule has 0 atom stereocenters. The van der Waals surface area contributed by atoms with Crippen LogP contribution in [-0.4, -0.2) is 10.9 Å². The van der Waals surface area contributed by atoms with Gasteiger partial charge in [-0.3, -0.25) is 4.79 Å². The number of nitrogens with one attached hydrogen (secondary N) is 3. The van der Waals surface area contributed by atoms with Crippen molar-refractivity contribution in [3.05, 3.63) is 65.1 Å². The molecule has 0 aliphatic carbocycles. The van der Waals surface area contributed by atoms with Gasteiger partial charge in [0.15, 0.2) is 0 Å². The van der Waals surface area contributed by atoms with Gasteiger partial charge < -0.3 is 15.6 Å². The van der Waals surface area contributed by atoms with Gasteiger partial charge in [-0.1, -0.05) is 6.07 Å². The maximum atomic E-state index is 13.6. The van der Waals surface area contributed by atoms with E-state index in [1.807, 2.05) is 18.2 Å².